The van der Waals surface area contributed by atoms with Gasteiger partial charge in [-0.1, -0.05) is 18.2 Å². The fourth-order valence-corrected chi connectivity index (χ4v) is 2.37. The Labute approximate surface area is 121 Å². The van der Waals surface area contributed by atoms with Crippen LogP contribution in [0.5, 0.6) is 0 Å². The van der Waals surface area contributed by atoms with E-state index in [-0.39, 0.29) is 12.0 Å². The Balaban J connectivity index is 2.13. The summed E-state index contributed by atoms with van der Waals surface area (Å²) in [5, 5.41) is 5.34. The van der Waals surface area contributed by atoms with Gasteiger partial charge in [0.15, 0.2) is 0 Å². The van der Waals surface area contributed by atoms with E-state index in [0.717, 1.165) is 23.0 Å². The van der Waals surface area contributed by atoms with E-state index < -0.39 is 17.7 Å². The molecule has 2 nitrogen and oxygen atoms in total. The van der Waals surface area contributed by atoms with Crippen molar-refractivity contribution in [2.75, 3.05) is 0 Å². The molecule has 2 aromatic carbocycles. The van der Waals surface area contributed by atoms with Crippen LogP contribution in [0.15, 0.2) is 48.7 Å². The van der Waals surface area contributed by atoms with Gasteiger partial charge in [0.05, 0.1) is 11.6 Å². The Morgan fingerprint density at radius 2 is 2.00 bits per heavy atom. The zero-order chi connectivity index (χ0) is 14.8. The number of halogens is 2. The summed E-state index contributed by atoms with van der Waals surface area (Å²) in [6.45, 7) is 0. The smallest absolute Gasteiger partial charge is 0.128 e. The number of nitrogens with zero attached hydrogens (tertiary/aromatic N) is 2. The lowest BCUT2D eigenvalue weighted by atomic mass is 10.0. The first-order valence-electron chi connectivity index (χ1n) is 6.51. The number of fused-ring (bicyclic) bond motifs is 1. The molecule has 3 rings (SSSR count). The van der Waals surface area contributed by atoms with E-state index >= 15 is 0 Å². The third-order valence-corrected chi connectivity index (χ3v) is 3.38. The number of terminal acetylenes is 1. The molecule has 0 N–H and O–H groups in total. The number of hydrogen-bond acceptors (Lipinski definition) is 1. The lowest BCUT2D eigenvalue weighted by Crippen LogP contribution is -2.12. The Morgan fingerprint density at radius 3 is 2.76 bits per heavy atom. The molecule has 0 aliphatic rings. The van der Waals surface area contributed by atoms with E-state index in [0.29, 0.717) is 0 Å². The normalized spacial score (nSPS) is 12.2. The number of aromatic nitrogens is 2. The summed E-state index contributed by atoms with van der Waals surface area (Å²) in [6, 6.07) is 10.4. The molecule has 0 amide bonds. The van der Waals surface area contributed by atoms with Gasteiger partial charge in [-0.2, -0.15) is 5.10 Å². The van der Waals surface area contributed by atoms with Crippen molar-refractivity contribution in [3.63, 3.8) is 0 Å². The van der Waals surface area contributed by atoms with Crippen LogP contribution in [0.3, 0.4) is 0 Å². The van der Waals surface area contributed by atoms with Crippen molar-refractivity contribution in [3.05, 3.63) is 65.9 Å². The molecule has 0 saturated carbocycles. The second-order valence-electron chi connectivity index (χ2n) is 4.76. The average Bonchev–Trinajstić information content (AvgIpc) is 2.91. The van der Waals surface area contributed by atoms with Crippen LogP contribution in [0, 0.1) is 24.0 Å². The lowest BCUT2D eigenvalue weighted by molar-refractivity contribution is 0.495. The standard InChI is InChI=1S/C17H12F2N2/c1-2-5-17(14-10-13(18)8-9-15(14)19)21-11-12-6-3-4-7-16(12)20-21/h1,3-4,6-11,17H,5H2. The number of hydrogen-bond donors (Lipinski definition) is 0. The zero-order valence-corrected chi connectivity index (χ0v) is 11.1. The minimum Gasteiger partial charge on any atom is -0.263 e. The first-order chi connectivity index (χ1) is 10.2. The molecule has 4 heteroatoms. The van der Waals surface area contributed by atoms with Crippen molar-refractivity contribution >= 4 is 10.9 Å². The van der Waals surface area contributed by atoms with Crippen molar-refractivity contribution in [1.29, 1.82) is 0 Å². The Hall–Kier alpha value is -2.67. The summed E-state index contributed by atoms with van der Waals surface area (Å²) in [5.41, 5.74) is 0.997. The van der Waals surface area contributed by atoms with Gasteiger partial charge in [-0.3, -0.25) is 4.68 Å². The molecular weight excluding hydrogens is 270 g/mol. The Morgan fingerprint density at radius 1 is 1.19 bits per heavy atom. The molecule has 3 aromatic rings. The van der Waals surface area contributed by atoms with E-state index in [1.54, 1.807) is 10.9 Å². The van der Waals surface area contributed by atoms with Crippen LogP contribution in [-0.4, -0.2) is 9.78 Å². The average molecular weight is 282 g/mol. The van der Waals surface area contributed by atoms with Crippen molar-refractivity contribution in [3.8, 4) is 12.3 Å². The SMILES string of the molecule is C#CCC(c1cc(F)ccc1F)n1cc2ccccc2n1. The summed E-state index contributed by atoms with van der Waals surface area (Å²) in [4.78, 5) is 0. The minimum absolute atomic E-state index is 0.209. The molecule has 1 aromatic heterocycles. The highest BCUT2D eigenvalue weighted by Gasteiger charge is 2.19. The maximum Gasteiger partial charge on any atom is 0.128 e. The van der Waals surface area contributed by atoms with Crippen LogP contribution >= 0.6 is 0 Å². The topological polar surface area (TPSA) is 17.8 Å². The molecule has 21 heavy (non-hydrogen) atoms. The number of rotatable bonds is 3. The molecule has 0 aliphatic carbocycles. The second kappa shape index (κ2) is 5.37. The van der Waals surface area contributed by atoms with E-state index in [1.807, 2.05) is 24.3 Å². The molecule has 0 aliphatic heterocycles. The van der Waals surface area contributed by atoms with Gasteiger partial charge in [-0.05, 0) is 24.3 Å². The zero-order valence-electron chi connectivity index (χ0n) is 11.1. The highest BCUT2D eigenvalue weighted by molar-refractivity contribution is 5.77. The molecule has 1 atom stereocenters. The summed E-state index contributed by atoms with van der Waals surface area (Å²) >= 11 is 0. The van der Waals surface area contributed by atoms with Crippen LogP contribution in [0.1, 0.15) is 18.0 Å². The van der Waals surface area contributed by atoms with Gasteiger partial charge in [-0.15, -0.1) is 12.3 Å². The molecule has 1 unspecified atom stereocenters. The summed E-state index contributed by atoms with van der Waals surface area (Å²) in [5.74, 6) is 1.52. The van der Waals surface area contributed by atoms with E-state index in [4.69, 9.17) is 6.42 Å². The van der Waals surface area contributed by atoms with Crippen LogP contribution in [0.25, 0.3) is 10.9 Å². The van der Waals surface area contributed by atoms with Crippen molar-refractivity contribution < 1.29 is 8.78 Å². The maximum absolute atomic E-state index is 14.0. The van der Waals surface area contributed by atoms with Gasteiger partial charge >= 0.3 is 0 Å². The Bertz CT molecular complexity index is 797. The quantitative estimate of drug-likeness (QED) is 0.666. The molecule has 0 saturated heterocycles. The molecule has 0 fully saturated rings. The van der Waals surface area contributed by atoms with Crippen molar-refractivity contribution in [2.45, 2.75) is 12.5 Å². The molecule has 104 valence electrons. The minimum atomic E-state index is -0.530. The summed E-state index contributed by atoms with van der Waals surface area (Å²) in [7, 11) is 0. The van der Waals surface area contributed by atoms with Crippen LogP contribution in [0.4, 0.5) is 8.78 Å². The number of benzene rings is 2. The molecule has 1 heterocycles. The van der Waals surface area contributed by atoms with Gasteiger partial charge < -0.3 is 0 Å². The molecular formula is C17H12F2N2. The summed E-state index contributed by atoms with van der Waals surface area (Å²) in [6.07, 6.45) is 7.40. The third-order valence-electron chi connectivity index (χ3n) is 3.38. The van der Waals surface area contributed by atoms with Crippen molar-refractivity contribution in [1.82, 2.24) is 9.78 Å². The monoisotopic (exact) mass is 282 g/mol. The summed E-state index contributed by atoms with van der Waals surface area (Å²) < 4.78 is 29.0. The molecule has 0 radical (unpaired) electrons. The Kier molecular flexibility index (Phi) is 3.41. The predicted octanol–water partition coefficient (Wildman–Crippen LogP) is 3.93. The fraction of sp³-hybridized carbons (Fsp3) is 0.118. The first-order valence-corrected chi connectivity index (χ1v) is 6.51. The van der Waals surface area contributed by atoms with Gasteiger partial charge in [-0.25, -0.2) is 8.78 Å². The maximum atomic E-state index is 14.0. The van der Waals surface area contributed by atoms with Crippen molar-refractivity contribution in [2.24, 2.45) is 0 Å². The lowest BCUT2D eigenvalue weighted by Gasteiger charge is -2.16. The van der Waals surface area contributed by atoms with Gasteiger partial charge in [0.2, 0.25) is 0 Å². The molecule has 0 bridgehead atoms. The highest BCUT2D eigenvalue weighted by Crippen LogP contribution is 2.26. The van der Waals surface area contributed by atoms with Crippen LogP contribution < -0.4 is 0 Å². The molecule has 0 spiro atoms. The van der Waals surface area contributed by atoms with Gasteiger partial charge in [0.1, 0.15) is 11.6 Å². The van der Waals surface area contributed by atoms with E-state index in [2.05, 4.69) is 11.0 Å². The highest BCUT2D eigenvalue weighted by atomic mass is 19.1. The van der Waals surface area contributed by atoms with Crippen LogP contribution in [-0.2, 0) is 0 Å². The van der Waals surface area contributed by atoms with Gasteiger partial charge in [0, 0.05) is 23.6 Å². The fourth-order valence-electron chi connectivity index (χ4n) is 2.37. The first kappa shape index (κ1) is 13.3. The predicted molar refractivity (Wildman–Crippen MR) is 77.7 cm³/mol. The van der Waals surface area contributed by atoms with E-state index in [1.165, 1.54) is 6.07 Å². The second-order valence-corrected chi connectivity index (χ2v) is 4.76. The largest absolute Gasteiger partial charge is 0.263 e. The van der Waals surface area contributed by atoms with Crippen LogP contribution in [0.2, 0.25) is 0 Å². The van der Waals surface area contributed by atoms with E-state index in [9.17, 15) is 8.78 Å². The van der Waals surface area contributed by atoms with Gasteiger partial charge in [0.25, 0.3) is 0 Å². The third kappa shape index (κ3) is 2.50.